The first-order valence-electron chi connectivity index (χ1n) is 8.59. The van der Waals surface area contributed by atoms with E-state index in [1.54, 1.807) is 24.3 Å². The second-order valence-electron chi connectivity index (χ2n) is 5.89. The number of rotatable bonds is 9. The first kappa shape index (κ1) is 21.2. The highest BCUT2D eigenvalue weighted by Gasteiger charge is 2.15. The third kappa shape index (κ3) is 6.53. The van der Waals surface area contributed by atoms with E-state index in [0.717, 1.165) is 5.56 Å². The van der Waals surface area contributed by atoms with Gasteiger partial charge in [-0.25, -0.2) is 13.1 Å². The molecule has 2 aromatic carbocycles. The number of carbonyl (C=O) groups is 1. The van der Waals surface area contributed by atoms with Gasteiger partial charge in [-0.2, -0.15) is 0 Å². The number of ether oxygens (including phenoxy) is 1. The standard InChI is InChI=1S/C19H23ClN2O4S/c1-3-26-17-8-10-18(11-9-17)27(24,25)21-13-12-19(23)22-14(2)15-4-6-16(20)7-5-15/h4-11,14,21H,3,12-13H2,1-2H3,(H,22,23). The number of halogens is 1. The zero-order valence-corrected chi connectivity index (χ0v) is 16.8. The van der Waals surface area contributed by atoms with Crippen LogP contribution in [0.15, 0.2) is 53.4 Å². The molecule has 2 rings (SSSR count). The Bertz CT molecular complexity index is 852. The summed E-state index contributed by atoms with van der Waals surface area (Å²) in [5.74, 6) is 0.360. The second-order valence-corrected chi connectivity index (χ2v) is 8.10. The van der Waals surface area contributed by atoms with Crippen molar-refractivity contribution >= 4 is 27.5 Å². The van der Waals surface area contributed by atoms with Crippen molar-refractivity contribution in [2.45, 2.75) is 31.2 Å². The Balaban J connectivity index is 1.83. The lowest BCUT2D eigenvalue weighted by molar-refractivity contribution is -0.121. The van der Waals surface area contributed by atoms with Gasteiger partial charge >= 0.3 is 0 Å². The Labute approximate surface area is 164 Å². The lowest BCUT2D eigenvalue weighted by Gasteiger charge is -2.14. The summed E-state index contributed by atoms with van der Waals surface area (Å²) in [6.45, 7) is 4.22. The summed E-state index contributed by atoms with van der Waals surface area (Å²) in [7, 11) is -3.67. The van der Waals surface area contributed by atoms with E-state index in [-0.39, 0.29) is 29.8 Å². The first-order chi connectivity index (χ1) is 12.8. The van der Waals surface area contributed by atoms with Gasteiger partial charge in [-0.15, -0.1) is 0 Å². The Morgan fingerprint density at radius 3 is 2.33 bits per heavy atom. The Morgan fingerprint density at radius 2 is 1.74 bits per heavy atom. The van der Waals surface area contributed by atoms with Crippen LogP contribution in [-0.2, 0) is 14.8 Å². The molecular formula is C19H23ClN2O4S. The molecule has 2 aromatic rings. The summed E-state index contributed by atoms with van der Waals surface area (Å²) in [5, 5.41) is 3.46. The van der Waals surface area contributed by atoms with E-state index in [4.69, 9.17) is 16.3 Å². The van der Waals surface area contributed by atoms with Gasteiger partial charge in [-0.3, -0.25) is 4.79 Å². The molecule has 1 unspecified atom stereocenters. The van der Waals surface area contributed by atoms with E-state index in [1.807, 2.05) is 26.0 Å². The molecule has 0 bridgehead atoms. The molecule has 6 nitrogen and oxygen atoms in total. The minimum Gasteiger partial charge on any atom is -0.494 e. The van der Waals surface area contributed by atoms with E-state index in [1.165, 1.54) is 12.1 Å². The van der Waals surface area contributed by atoms with Gasteiger partial charge in [0.1, 0.15) is 5.75 Å². The van der Waals surface area contributed by atoms with Crippen molar-refractivity contribution in [2.24, 2.45) is 0 Å². The van der Waals surface area contributed by atoms with Gasteiger partial charge in [0.2, 0.25) is 15.9 Å². The maximum atomic E-state index is 12.3. The molecule has 0 aromatic heterocycles. The quantitative estimate of drug-likeness (QED) is 0.664. The van der Waals surface area contributed by atoms with Crippen molar-refractivity contribution in [3.63, 3.8) is 0 Å². The number of hydrogen-bond donors (Lipinski definition) is 2. The van der Waals surface area contributed by atoms with Gasteiger partial charge in [-0.1, -0.05) is 23.7 Å². The van der Waals surface area contributed by atoms with Crippen molar-refractivity contribution in [1.29, 1.82) is 0 Å². The zero-order chi connectivity index (χ0) is 19.9. The summed E-state index contributed by atoms with van der Waals surface area (Å²) in [6, 6.07) is 13.1. The van der Waals surface area contributed by atoms with E-state index in [0.29, 0.717) is 17.4 Å². The predicted molar refractivity (Wildman–Crippen MR) is 105 cm³/mol. The molecule has 0 aliphatic rings. The summed E-state index contributed by atoms with van der Waals surface area (Å²) >= 11 is 5.85. The van der Waals surface area contributed by atoms with Crippen LogP contribution in [0.5, 0.6) is 5.75 Å². The summed E-state index contributed by atoms with van der Waals surface area (Å²) < 4.78 is 32.2. The van der Waals surface area contributed by atoms with E-state index < -0.39 is 10.0 Å². The molecule has 0 saturated heterocycles. The van der Waals surface area contributed by atoms with Gasteiger partial charge in [0.05, 0.1) is 17.5 Å². The number of nitrogens with one attached hydrogen (secondary N) is 2. The minimum absolute atomic E-state index is 0.00865. The molecule has 0 fully saturated rings. The van der Waals surface area contributed by atoms with Crippen molar-refractivity contribution < 1.29 is 17.9 Å². The molecule has 0 spiro atoms. The molecular weight excluding hydrogens is 388 g/mol. The Hall–Kier alpha value is -2.09. The highest BCUT2D eigenvalue weighted by atomic mass is 35.5. The zero-order valence-electron chi connectivity index (χ0n) is 15.2. The molecule has 0 heterocycles. The van der Waals surface area contributed by atoms with Gasteiger partial charge in [0.15, 0.2) is 0 Å². The van der Waals surface area contributed by atoms with Crippen LogP contribution in [0.25, 0.3) is 0 Å². The molecule has 1 amide bonds. The summed E-state index contributed by atoms with van der Waals surface area (Å²) in [4.78, 5) is 12.2. The van der Waals surface area contributed by atoms with Gasteiger partial charge < -0.3 is 10.1 Å². The summed E-state index contributed by atoms with van der Waals surface area (Å²) in [6.07, 6.45) is 0.0359. The molecule has 0 aliphatic heterocycles. The molecule has 8 heteroatoms. The molecule has 0 aliphatic carbocycles. The number of amides is 1. The van der Waals surface area contributed by atoms with Crippen LogP contribution in [0.3, 0.4) is 0 Å². The fraction of sp³-hybridized carbons (Fsp3) is 0.316. The van der Waals surface area contributed by atoms with E-state index in [2.05, 4.69) is 10.0 Å². The smallest absolute Gasteiger partial charge is 0.240 e. The maximum absolute atomic E-state index is 12.3. The third-order valence-electron chi connectivity index (χ3n) is 3.84. The second kappa shape index (κ2) is 9.73. The number of sulfonamides is 1. The SMILES string of the molecule is CCOc1ccc(S(=O)(=O)NCCC(=O)NC(C)c2ccc(Cl)cc2)cc1. The minimum atomic E-state index is -3.67. The largest absolute Gasteiger partial charge is 0.494 e. The average molecular weight is 411 g/mol. The average Bonchev–Trinajstić information content (AvgIpc) is 2.63. The topological polar surface area (TPSA) is 84.5 Å². The normalized spacial score (nSPS) is 12.4. The van der Waals surface area contributed by atoms with Crippen LogP contribution in [0.2, 0.25) is 5.02 Å². The molecule has 27 heavy (non-hydrogen) atoms. The third-order valence-corrected chi connectivity index (χ3v) is 5.57. The lowest BCUT2D eigenvalue weighted by Crippen LogP contribution is -2.32. The molecule has 0 saturated carbocycles. The summed E-state index contributed by atoms with van der Waals surface area (Å²) in [5.41, 5.74) is 0.919. The predicted octanol–water partition coefficient (Wildman–Crippen LogP) is 3.28. The lowest BCUT2D eigenvalue weighted by atomic mass is 10.1. The van der Waals surface area contributed by atoms with Crippen molar-refractivity contribution in [2.75, 3.05) is 13.2 Å². The van der Waals surface area contributed by atoms with Crippen molar-refractivity contribution in [3.8, 4) is 5.75 Å². The Kier molecular flexibility index (Phi) is 7.65. The van der Waals surface area contributed by atoms with Crippen molar-refractivity contribution in [3.05, 3.63) is 59.1 Å². The van der Waals surface area contributed by atoms with Crippen molar-refractivity contribution in [1.82, 2.24) is 10.0 Å². The molecule has 1 atom stereocenters. The number of benzene rings is 2. The van der Waals surface area contributed by atoms with Gasteiger partial charge in [-0.05, 0) is 55.8 Å². The highest BCUT2D eigenvalue weighted by molar-refractivity contribution is 7.89. The number of hydrogen-bond acceptors (Lipinski definition) is 4. The van der Waals surface area contributed by atoms with Crippen LogP contribution >= 0.6 is 11.6 Å². The van der Waals surface area contributed by atoms with Crippen LogP contribution in [-0.4, -0.2) is 27.5 Å². The first-order valence-corrected chi connectivity index (χ1v) is 10.5. The monoisotopic (exact) mass is 410 g/mol. The fourth-order valence-electron chi connectivity index (χ4n) is 2.41. The van der Waals surface area contributed by atoms with Crippen LogP contribution in [0.1, 0.15) is 31.9 Å². The molecule has 0 radical (unpaired) electrons. The van der Waals surface area contributed by atoms with Gasteiger partial charge in [0.25, 0.3) is 0 Å². The number of carbonyl (C=O) groups excluding carboxylic acids is 1. The van der Waals surface area contributed by atoms with E-state index >= 15 is 0 Å². The van der Waals surface area contributed by atoms with Gasteiger partial charge in [0, 0.05) is 18.0 Å². The molecule has 2 N–H and O–H groups in total. The Morgan fingerprint density at radius 1 is 1.11 bits per heavy atom. The van der Waals surface area contributed by atoms with E-state index in [9.17, 15) is 13.2 Å². The maximum Gasteiger partial charge on any atom is 0.240 e. The van der Waals surface area contributed by atoms with Crippen LogP contribution in [0, 0.1) is 0 Å². The van der Waals surface area contributed by atoms with Crippen LogP contribution < -0.4 is 14.8 Å². The highest BCUT2D eigenvalue weighted by Crippen LogP contribution is 2.17. The molecule has 146 valence electrons. The van der Waals surface area contributed by atoms with Crippen LogP contribution in [0.4, 0.5) is 0 Å². The fourth-order valence-corrected chi connectivity index (χ4v) is 3.57.